The van der Waals surface area contributed by atoms with Crippen molar-refractivity contribution in [2.45, 2.75) is 51.7 Å². The van der Waals surface area contributed by atoms with Crippen LogP contribution in [0.15, 0.2) is 72.8 Å². The molecule has 0 saturated heterocycles. The highest BCUT2D eigenvalue weighted by Crippen LogP contribution is 2.44. The first kappa shape index (κ1) is 23.6. The summed E-state index contributed by atoms with van der Waals surface area (Å²) in [5.41, 5.74) is 5.97. The summed E-state index contributed by atoms with van der Waals surface area (Å²) in [7, 11) is 0. The first-order valence-corrected chi connectivity index (χ1v) is 11.6. The van der Waals surface area contributed by atoms with Crippen molar-refractivity contribution in [3.8, 4) is 11.1 Å². The number of hydrogen-bond donors (Lipinski definition) is 1. The van der Waals surface area contributed by atoms with Crippen molar-refractivity contribution < 1.29 is 19.1 Å². The van der Waals surface area contributed by atoms with Gasteiger partial charge in [-0.2, -0.15) is 0 Å². The lowest BCUT2D eigenvalue weighted by Gasteiger charge is -2.25. The first-order chi connectivity index (χ1) is 16.2. The van der Waals surface area contributed by atoms with Crippen LogP contribution in [0.25, 0.3) is 11.1 Å². The topological polar surface area (TPSA) is 64.6 Å². The van der Waals surface area contributed by atoms with Crippen molar-refractivity contribution >= 4 is 12.1 Å². The number of esters is 1. The van der Waals surface area contributed by atoms with E-state index in [0.29, 0.717) is 6.42 Å². The minimum Gasteiger partial charge on any atom is -0.458 e. The third-order valence-electron chi connectivity index (χ3n) is 5.85. The highest BCUT2D eigenvalue weighted by atomic mass is 16.6. The van der Waals surface area contributed by atoms with Gasteiger partial charge in [0.05, 0.1) is 0 Å². The lowest BCUT2D eigenvalue weighted by Crippen LogP contribution is -2.46. The predicted octanol–water partition coefficient (Wildman–Crippen LogP) is 5.79. The Morgan fingerprint density at radius 1 is 0.912 bits per heavy atom. The summed E-state index contributed by atoms with van der Waals surface area (Å²) in [6, 6.07) is 23.4. The Labute approximate surface area is 201 Å². The molecule has 1 atom stereocenters. The number of aryl methyl sites for hydroxylation is 1. The Bertz CT molecular complexity index is 1150. The van der Waals surface area contributed by atoms with Crippen molar-refractivity contribution in [1.29, 1.82) is 0 Å². The van der Waals surface area contributed by atoms with Crippen molar-refractivity contribution in [3.05, 3.63) is 95.1 Å². The molecule has 5 nitrogen and oxygen atoms in total. The summed E-state index contributed by atoms with van der Waals surface area (Å²) in [4.78, 5) is 25.7. The van der Waals surface area contributed by atoms with Crippen LogP contribution in [-0.4, -0.2) is 30.3 Å². The molecule has 176 valence electrons. The van der Waals surface area contributed by atoms with E-state index in [-0.39, 0.29) is 12.5 Å². The molecule has 3 aromatic carbocycles. The van der Waals surface area contributed by atoms with E-state index in [2.05, 4.69) is 29.6 Å². The van der Waals surface area contributed by atoms with Gasteiger partial charge in [0.15, 0.2) is 0 Å². The van der Waals surface area contributed by atoms with E-state index >= 15 is 0 Å². The third-order valence-corrected chi connectivity index (χ3v) is 5.85. The highest BCUT2D eigenvalue weighted by Gasteiger charge is 2.31. The molecular weight excluding hydrogens is 426 g/mol. The molecule has 0 heterocycles. The quantitative estimate of drug-likeness (QED) is 0.476. The second-order valence-electron chi connectivity index (χ2n) is 9.75. The zero-order valence-corrected chi connectivity index (χ0v) is 20.1. The van der Waals surface area contributed by atoms with Crippen molar-refractivity contribution in [2.75, 3.05) is 6.61 Å². The summed E-state index contributed by atoms with van der Waals surface area (Å²) >= 11 is 0. The third kappa shape index (κ3) is 5.48. The Kier molecular flexibility index (Phi) is 6.73. The molecule has 3 aromatic rings. The summed E-state index contributed by atoms with van der Waals surface area (Å²) in [5, 5.41) is 2.74. The average Bonchev–Trinajstić information content (AvgIpc) is 3.10. The van der Waals surface area contributed by atoms with E-state index in [1.54, 1.807) is 0 Å². The molecular formula is C29H31NO4. The Morgan fingerprint density at radius 2 is 1.53 bits per heavy atom. The molecule has 0 fully saturated rings. The molecule has 0 bridgehead atoms. The lowest BCUT2D eigenvalue weighted by molar-refractivity contribution is -0.157. The predicted molar refractivity (Wildman–Crippen MR) is 133 cm³/mol. The van der Waals surface area contributed by atoms with E-state index in [0.717, 1.165) is 33.4 Å². The van der Waals surface area contributed by atoms with Crippen LogP contribution in [0.3, 0.4) is 0 Å². The van der Waals surface area contributed by atoms with Gasteiger partial charge in [-0.15, -0.1) is 0 Å². The van der Waals surface area contributed by atoms with Crippen LogP contribution in [0.2, 0.25) is 0 Å². The van der Waals surface area contributed by atoms with Crippen molar-refractivity contribution in [1.82, 2.24) is 5.32 Å². The van der Waals surface area contributed by atoms with Crippen LogP contribution >= 0.6 is 0 Å². The number of amides is 1. The zero-order valence-electron chi connectivity index (χ0n) is 20.1. The Balaban J connectivity index is 1.47. The molecule has 1 aliphatic carbocycles. The highest BCUT2D eigenvalue weighted by molar-refractivity contribution is 5.82. The minimum atomic E-state index is -0.850. The van der Waals surface area contributed by atoms with E-state index in [1.807, 2.05) is 76.2 Å². The number of rotatable bonds is 6. The lowest BCUT2D eigenvalue weighted by atomic mass is 9.98. The molecule has 0 saturated carbocycles. The summed E-state index contributed by atoms with van der Waals surface area (Å²) in [5.74, 6) is -0.530. The van der Waals surface area contributed by atoms with Gasteiger partial charge in [0.2, 0.25) is 0 Å². The monoisotopic (exact) mass is 457 g/mol. The smallest absolute Gasteiger partial charge is 0.407 e. The average molecular weight is 458 g/mol. The molecule has 1 N–H and O–H groups in total. The van der Waals surface area contributed by atoms with Gasteiger partial charge in [-0.3, -0.25) is 0 Å². The van der Waals surface area contributed by atoms with E-state index in [9.17, 15) is 9.59 Å². The van der Waals surface area contributed by atoms with E-state index < -0.39 is 23.7 Å². The molecule has 0 aromatic heterocycles. The number of hydrogen-bond acceptors (Lipinski definition) is 4. The van der Waals surface area contributed by atoms with Crippen LogP contribution in [0, 0.1) is 6.92 Å². The fourth-order valence-electron chi connectivity index (χ4n) is 4.42. The maximum absolute atomic E-state index is 12.9. The summed E-state index contributed by atoms with van der Waals surface area (Å²) in [6.45, 7) is 7.60. The molecule has 0 aliphatic heterocycles. The standard InChI is InChI=1S/C29H31NO4/c1-19-10-9-11-20(16-19)17-26(27(31)34-29(2,3)4)30-28(32)33-18-25-23-14-7-5-12-21(23)22-13-6-8-15-24(22)25/h5-16,25-26H,17-18H2,1-4H3,(H,30,32). The van der Waals surface area contributed by atoms with Crippen molar-refractivity contribution in [2.24, 2.45) is 0 Å². The SMILES string of the molecule is Cc1cccc(CC(NC(=O)OCC2c3ccccc3-c3ccccc32)C(=O)OC(C)(C)C)c1. The summed E-state index contributed by atoms with van der Waals surface area (Å²) in [6.07, 6.45) is -0.314. The van der Waals surface area contributed by atoms with Gasteiger partial charge in [-0.05, 0) is 55.5 Å². The van der Waals surface area contributed by atoms with Crippen LogP contribution in [0.4, 0.5) is 4.79 Å². The Morgan fingerprint density at radius 3 is 2.12 bits per heavy atom. The molecule has 5 heteroatoms. The molecule has 0 radical (unpaired) electrons. The number of nitrogens with one attached hydrogen (secondary N) is 1. The molecule has 1 unspecified atom stereocenters. The Hall–Kier alpha value is -3.60. The zero-order chi connectivity index (χ0) is 24.3. The van der Waals surface area contributed by atoms with Gasteiger partial charge in [-0.1, -0.05) is 78.4 Å². The number of benzene rings is 3. The molecule has 0 spiro atoms. The largest absolute Gasteiger partial charge is 0.458 e. The van der Waals surface area contributed by atoms with Gasteiger partial charge in [0, 0.05) is 12.3 Å². The molecule has 1 amide bonds. The van der Waals surface area contributed by atoms with E-state index in [4.69, 9.17) is 9.47 Å². The fourth-order valence-corrected chi connectivity index (χ4v) is 4.42. The van der Waals surface area contributed by atoms with Gasteiger partial charge in [0.1, 0.15) is 18.2 Å². The molecule has 34 heavy (non-hydrogen) atoms. The maximum atomic E-state index is 12.9. The minimum absolute atomic E-state index is 0.0464. The molecule has 4 rings (SSSR count). The molecule has 1 aliphatic rings. The van der Waals surface area contributed by atoms with Gasteiger partial charge in [-0.25, -0.2) is 9.59 Å². The van der Waals surface area contributed by atoms with Crippen LogP contribution in [-0.2, 0) is 20.7 Å². The van der Waals surface area contributed by atoms with Crippen LogP contribution in [0.5, 0.6) is 0 Å². The summed E-state index contributed by atoms with van der Waals surface area (Å²) < 4.78 is 11.2. The number of carbonyl (C=O) groups is 2. The van der Waals surface area contributed by atoms with Gasteiger partial charge >= 0.3 is 12.1 Å². The number of ether oxygens (including phenoxy) is 2. The number of carbonyl (C=O) groups excluding carboxylic acids is 2. The normalized spacial score (nSPS) is 13.5. The first-order valence-electron chi connectivity index (χ1n) is 11.6. The second kappa shape index (κ2) is 9.72. The number of fused-ring (bicyclic) bond motifs is 3. The van der Waals surface area contributed by atoms with Crippen molar-refractivity contribution in [3.63, 3.8) is 0 Å². The van der Waals surface area contributed by atoms with Gasteiger partial charge in [0.25, 0.3) is 0 Å². The fraction of sp³-hybridized carbons (Fsp3) is 0.310. The van der Waals surface area contributed by atoms with E-state index in [1.165, 1.54) is 0 Å². The number of alkyl carbamates (subject to hydrolysis) is 1. The maximum Gasteiger partial charge on any atom is 0.407 e. The van der Waals surface area contributed by atoms with Gasteiger partial charge < -0.3 is 14.8 Å². The van der Waals surface area contributed by atoms with Crippen LogP contribution in [0.1, 0.15) is 48.9 Å². The van der Waals surface area contributed by atoms with Crippen LogP contribution < -0.4 is 5.32 Å². The second-order valence-corrected chi connectivity index (χ2v) is 9.75.